The van der Waals surface area contributed by atoms with E-state index < -0.39 is 10.0 Å². The van der Waals surface area contributed by atoms with Gasteiger partial charge in [-0.1, -0.05) is 30.4 Å². The molecule has 6 nitrogen and oxygen atoms in total. The van der Waals surface area contributed by atoms with Crippen molar-refractivity contribution >= 4 is 37.5 Å². The Labute approximate surface area is 162 Å². The monoisotopic (exact) mass is 403 g/mol. The number of carbonyl (C=O) groups excluding carboxylic acids is 1. The van der Waals surface area contributed by atoms with Gasteiger partial charge in [0.2, 0.25) is 10.0 Å². The fourth-order valence-electron chi connectivity index (χ4n) is 2.68. The van der Waals surface area contributed by atoms with E-state index in [2.05, 4.69) is 11.9 Å². The largest absolute Gasteiger partial charge is 0.316 e. The van der Waals surface area contributed by atoms with Crippen LogP contribution in [0.4, 0.5) is 0 Å². The molecule has 1 heterocycles. The van der Waals surface area contributed by atoms with Gasteiger partial charge in [0.15, 0.2) is 4.80 Å². The van der Waals surface area contributed by atoms with E-state index in [4.69, 9.17) is 0 Å². The third kappa shape index (κ3) is 3.87. The van der Waals surface area contributed by atoms with Crippen LogP contribution in [0.2, 0.25) is 0 Å². The second kappa shape index (κ2) is 7.75. The fourth-order valence-corrected chi connectivity index (χ4v) is 4.63. The average molecular weight is 404 g/mol. The summed E-state index contributed by atoms with van der Waals surface area (Å²) in [7, 11) is -0.580. The zero-order chi connectivity index (χ0) is 19.6. The molecule has 142 valence electrons. The topological polar surface area (TPSA) is 71.7 Å². The van der Waals surface area contributed by atoms with Crippen molar-refractivity contribution in [2.24, 2.45) is 4.99 Å². The molecule has 1 aromatic heterocycles. The highest BCUT2D eigenvalue weighted by Gasteiger charge is 2.17. The number of aromatic nitrogens is 1. The van der Waals surface area contributed by atoms with Crippen LogP contribution in [0.25, 0.3) is 10.2 Å². The van der Waals surface area contributed by atoms with E-state index in [9.17, 15) is 13.2 Å². The Morgan fingerprint density at radius 2 is 1.78 bits per heavy atom. The summed E-state index contributed by atoms with van der Waals surface area (Å²) in [5.74, 6) is -0.389. The maximum atomic E-state index is 12.6. The van der Waals surface area contributed by atoms with Gasteiger partial charge in [0.05, 0.1) is 15.1 Å². The fraction of sp³-hybridized carbons (Fsp3) is 0.263. The van der Waals surface area contributed by atoms with Crippen molar-refractivity contribution in [1.82, 2.24) is 8.87 Å². The molecule has 3 rings (SSSR count). The summed E-state index contributed by atoms with van der Waals surface area (Å²) in [6.07, 6.45) is 0.930. The third-order valence-corrected chi connectivity index (χ3v) is 7.00. The van der Waals surface area contributed by atoms with Gasteiger partial charge >= 0.3 is 0 Å². The van der Waals surface area contributed by atoms with Crippen LogP contribution < -0.4 is 4.80 Å². The number of carbonyl (C=O) groups is 1. The molecule has 0 aliphatic heterocycles. The summed E-state index contributed by atoms with van der Waals surface area (Å²) < 4.78 is 28.5. The third-order valence-electron chi connectivity index (χ3n) is 4.11. The van der Waals surface area contributed by atoms with Crippen molar-refractivity contribution in [3.05, 3.63) is 58.9 Å². The molecule has 0 unspecified atom stereocenters. The average Bonchev–Trinajstić information content (AvgIpc) is 2.99. The number of para-hydroxylation sites is 1. The molecular weight excluding hydrogens is 382 g/mol. The molecule has 0 atom stereocenters. The van der Waals surface area contributed by atoms with Crippen LogP contribution in [-0.2, 0) is 16.6 Å². The normalized spacial score (nSPS) is 12.8. The number of nitrogens with zero attached hydrogens (tertiary/aromatic N) is 3. The molecule has 3 aromatic rings. The lowest BCUT2D eigenvalue weighted by Crippen LogP contribution is -2.22. The molecule has 0 fully saturated rings. The Morgan fingerprint density at radius 3 is 2.41 bits per heavy atom. The number of sulfonamides is 1. The SMILES string of the molecule is CCCn1c(=NC(=O)c2ccc(S(=O)(=O)N(C)C)cc2)sc2ccccc21. The van der Waals surface area contributed by atoms with Crippen molar-refractivity contribution in [3.8, 4) is 0 Å². The Bertz CT molecular complexity index is 1140. The molecule has 8 heteroatoms. The number of fused-ring (bicyclic) bond motifs is 1. The number of amides is 1. The first-order chi connectivity index (χ1) is 12.8. The van der Waals surface area contributed by atoms with E-state index in [0.717, 1.165) is 27.5 Å². The molecule has 0 aliphatic rings. The van der Waals surface area contributed by atoms with Gasteiger partial charge in [-0.05, 0) is 42.8 Å². The zero-order valence-corrected chi connectivity index (χ0v) is 17.0. The molecule has 0 saturated carbocycles. The predicted octanol–water partition coefficient (Wildman–Crippen LogP) is 3.10. The van der Waals surface area contributed by atoms with Gasteiger partial charge in [-0.25, -0.2) is 12.7 Å². The molecule has 27 heavy (non-hydrogen) atoms. The van der Waals surface area contributed by atoms with Crippen molar-refractivity contribution < 1.29 is 13.2 Å². The number of hydrogen-bond donors (Lipinski definition) is 0. The van der Waals surface area contributed by atoms with E-state index >= 15 is 0 Å². The molecule has 0 bridgehead atoms. The molecule has 0 N–H and O–H groups in total. The van der Waals surface area contributed by atoms with Crippen LogP contribution in [-0.4, -0.2) is 37.3 Å². The second-order valence-corrected chi connectivity index (χ2v) is 9.39. The van der Waals surface area contributed by atoms with E-state index in [0.29, 0.717) is 10.4 Å². The highest BCUT2D eigenvalue weighted by atomic mass is 32.2. The van der Waals surface area contributed by atoms with Gasteiger partial charge < -0.3 is 4.57 Å². The van der Waals surface area contributed by atoms with Crippen LogP contribution in [0.3, 0.4) is 0 Å². The van der Waals surface area contributed by atoms with Crippen LogP contribution in [0, 0.1) is 0 Å². The molecular formula is C19H21N3O3S2. The van der Waals surface area contributed by atoms with E-state index in [1.54, 1.807) is 0 Å². The Morgan fingerprint density at radius 1 is 1.11 bits per heavy atom. The Hall–Kier alpha value is -2.29. The van der Waals surface area contributed by atoms with E-state index in [-0.39, 0.29) is 10.8 Å². The maximum absolute atomic E-state index is 12.6. The molecule has 1 amide bonds. The summed E-state index contributed by atoms with van der Waals surface area (Å²) >= 11 is 1.47. The summed E-state index contributed by atoms with van der Waals surface area (Å²) in [5.41, 5.74) is 1.41. The second-order valence-electron chi connectivity index (χ2n) is 6.23. The minimum absolute atomic E-state index is 0.145. The summed E-state index contributed by atoms with van der Waals surface area (Å²) in [6, 6.07) is 13.8. The van der Waals surface area contributed by atoms with Crippen molar-refractivity contribution in [1.29, 1.82) is 0 Å². The highest BCUT2D eigenvalue weighted by molar-refractivity contribution is 7.89. The zero-order valence-electron chi connectivity index (χ0n) is 15.4. The number of aryl methyl sites for hydroxylation is 1. The molecule has 2 aromatic carbocycles. The lowest BCUT2D eigenvalue weighted by molar-refractivity contribution is 0.0997. The van der Waals surface area contributed by atoms with Gasteiger partial charge in [0, 0.05) is 26.2 Å². The first-order valence-electron chi connectivity index (χ1n) is 8.54. The number of rotatable bonds is 5. The van der Waals surface area contributed by atoms with Crippen molar-refractivity contribution in [2.45, 2.75) is 24.8 Å². The number of thiazole rings is 1. The lowest BCUT2D eigenvalue weighted by atomic mass is 10.2. The van der Waals surface area contributed by atoms with Crippen LogP contribution >= 0.6 is 11.3 Å². The van der Waals surface area contributed by atoms with Crippen LogP contribution in [0.15, 0.2) is 58.4 Å². The molecule has 0 spiro atoms. The Kier molecular flexibility index (Phi) is 5.59. The molecule has 0 aliphatic carbocycles. The lowest BCUT2D eigenvalue weighted by Gasteiger charge is -2.11. The molecule has 0 radical (unpaired) electrons. The maximum Gasteiger partial charge on any atom is 0.279 e. The Balaban J connectivity index is 2.00. The highest BCUT2D eigenvalue weighted by Crippen LogP contribution is 2.18. The number of hydrogen-bond acceptors (Lipinski definition) is 4. The smallest absolute Gasteiger partial charge is 0.279 e. The van der Waals surface area contributed by atoms with Gasteiger partial charge in [0.25, 0.3) is 5.91 Å². The first-order valence-corrected chi connectivity index (χ1v) is 10.8. The predicted molar refractivity (Wildman–Crippen MR) is 107 cm³/mol. The standard InChI is InChI=1S/C19H21N3O3S2/c1-4-13-22-16-7-5-6-8-17(16)26-19(22)20-18(23)14-9-11-15(12-10-14)27(24,25)21(2)3/h5-12H,4,13H2,1-3H3. The first kappa shape index (κ1) is 19.5. The molecule has 0 saturated heterocycles. The summed E-state index contributed by atoms with van der Waals surface area (Å²) in [5, 5.41) is 0. The van der Waals surface area contributed by atoms with Gasteiger partial charge in [-0.15, -0.1) is 0 Å². The summed E-state index contributed by atoms with van der Waals surface area (Å²) in [6.45, 7) is 2.85. The van der Waals surface area contributed by atoms with Crippen LogP contribution in [0.1, 0.15) is 23.7 Å². The van der Waals surface area contributed by atoms with Gasteiger partial charge in [-0.2, -0.15) is 4.99 Å². The van der Waals surface area contributed by atoms with Gasteiger partial charge in [0.1, 0.15) is 0 Å². The van der Waals surface area contributed by atoms with Gasteiger partial charge in [-0.3, -0.25) is 4.79 Å². The van der Waals surface area contributed by atoms with Crippen molar-refractivity contribution in [3.63, 3.8) is 0 Å². The van der Waals surface area contributed by atoms with Crippen LogP contribution in [0.5, 0.6) is 0 Å². The quantitative estimate of drug-likeness (QED) is 0.657. The van der Waals surface area contributed by atoms with E-state index in [1.807, 2.05) is 28.8 Å². The van der Waals surface area contributed by atoms with Crippen molar-refractivity contribution in [2.75, 3.05) is 14.1 Å². The van der Waals surface area contributed by atoms with E-state index in [1.165, 1.54) is 49.7 Å². The number of benzene rings is 2. The minimum Gasteiger partial charge on any atom is -0.316 e. The minimum atomic E-state index is -3.52. The summed E-state index contributed by atoms with van der Waals surface area (Å²) in [4.78, 5) is 17.7.